The first-order chi connectivity index (χ1) is 16.5. The van der Waals surface area contributed by atoms with Crippen molar-refractivity contribution >= 4 is 46.4 Å². The summed E-state index contributed by atoms with van der Waals surface area (Å²) in [5, 5.41) is 12.8. The molecule has 2 unspecified atom stereocenters. The number of halogens is 2. The Labute approximate surface area is 211 Å². The van der Waals surface area contributed by atoms with Gasteiger partial charge in [0.2, 0.25) is 0 Å². The minimum absolute atomic E-state index is 0.120. The highest BCUT2D eigenvalue weighted by molar-refractivity contribution is 7.10. The second-order valence-electron chi connectivity index (χ2n) is 7.58. The molecule has 8 heteroatoms. The van der Waals surface area contributed by atoms with E-state index in [0.29, 0.717) is 10.6 Å². The average molecular weight is 511 g/mol. The van der Waals surface area contributed by atoms with Gasteiger partial charge < -0.3 is 10.0 Å². The van der Waals surface area contributed by atoms with Crippen LogP contribution in [0.1, 0.15) is 32.4 Å². The summed E-state index contributed by atoms with van der Waals surface area (Å²) in [5.74, 6) is -1.63. The molecule has 0 saturated carbocycles. The molecule has 0 bridgehead atoms. The molecule has 2 atom stereocenters. The second kappa shape index (κ2) is 10.8. The molecule has 34 heavy (non-hydrogen) atoms. The molecular weight excluding hydrogens is 491 g/mol. The fourth-order valence-electron chi connectivity index (χ4n) is 3.83. The van der Waals surface area contributed by atoms with E-state index in [4.69, 9.17) is 23.2 Å². The number of aromatic nitrogens is 1. The molecule has 0 saturated heterocycles. The monoisotopic (exact) mass is 510 g/mol. The largest absolute Gasteiger partial charge is 0.480 e. The number of carboxylic acids is 1. The van der Waals surface area contributed by atoms with Crippen LogP contribution in [-0.4, -0.2) is 32.9 Å². The van der Waals surface area contributed by atoms with Crippen molar-refractivity contribution in [1.29, 1.82) is 0 Å². The number of hydrogen-bond acceptors (Lipinski definition) is 4. The van der Waals surface area contributed by atoms with Crippen molar-refractivity contribution in [2.45, 2.75) is 18.5 Å². The van der Waals surface area contributed by atoms with Gasteiger partial charge in [0.15, 0.2) is 0 Å². The summed E-state index contributed by atoms with van der Waals surface area (Å²) < 4.78 is 0. The first-order valence-electron chi connectivity index (χ1n) is 10.4. The lowest BCUT2D eigenvalue weighted by Gasteiger charge is -2.36. The molecule has 4 aromatic rings. The van der Waals surface area contributed by atoms with Gasteiger partial charge in [0.25, 0.3) is 5.91 Å². The maximum atomic E-state index is 14.0. The fourth-order valence-corrected chi connectivity index (χ4v) is 5.17. The van der Waals surface area contributed by atoms with E-state index in [0.717, 1.165) is 10.4 Å². The minimum Gasteiger partial charge on any atom is -0.480 e. The van der Waals surface area contributed by atoms with Gasteiger partial charge in [-0.1, -0.05) is 65.7 Å². The van der Waals surface area contributed by atoms with Gasteiger partial charge in [0.05, 0.1) is 16.6 Å². The lowest BCUT2D eigenvalue weighted by Crippen LogP contribution is -2.48. The van der Waals surface area contributed by atoms with Crippen LogP contribution in [-0.2, 0) is 11.2 Å². The van der Waals surface area contributed by atoms with Crippen LogP contribution in [0.4, 0.5) is 0 Å². The minimum atomic E-state index is -1.17. The van der Waals surface area contributed by atoms with Gasteiger partial charge in [0, 0.05) is 28.7 Å². The Kier molecular flexibility index (Phi) is 7.63. The molecular formula is C26H20Cl2N2O3S. The Morgan fingerprint density at radius 3 is 2.41 bits per heavy atom. The fraction of sp³-hybridized carbons (Fsp3) is 0.115. The van der Waals surface area contributed by atoms with Crippen molar-refractivity contribution in [1.82, 2.24) is 9.88 Å². The molecule has 0 fully saturated rings. The third-order valence-electron chi connectivity index (χ3n) is 5.38. The molecule has 2 heterocycles. The zero-order chi connectivity index (χ0) is 24.1. The van der Waals surface area contributed by atoms with Crippen molar-refractivity contribution in [3.05, 3.63) is 122 Å². The van der Waals surface area contributed by atoms with Crippen molar-refractivity contribution in [3.8, 4) is 0 Å². The van der Waals surface area contributed by atoms with Crippen LogP contribution < -0.4 is 0 Å². The quantitative estimate of drug-likeness (QED) is 0.298. The molecule has 5 nitrogen and oxygen atoms in total. The molecule has 0 aliphatic rings. The lowest BCUT2D eigenvalue weighted by atomic mass is 9.97. The molecule has 1 N–H and O–H groups in total. The normalized spacial score (nSPS) is 12.6. The third kappa shape index (κ3) is 5.30. The maximum absolute atomic E-state index is 14.0. The summed E-state index contributed by atoms with van der Waals surface area (Å²) in [6.45, 7) is 0. The molecule has 0 aliphatic carbocycles. The molecule has 4 rings (SSSR count). The summed E-state index contributed by atoms with van der Waals surface area (Å²) in [4.78, 5) is 33.1. The highest BCUT2D eigenvalue weighted by Crippen LogP contribution is 2.36. The Balaban J connectivity index is 1.90. The summed E-state index contributed by atoms with van der Waals surface area (Å²) in [6.07, 6.45) is 3.40. The van der Waals surface area contributed by atoms with Crippen LogP contribution in [0.15, 0.2) is 90.6 Å². The van der Waals surface area contributed by atoms with Crippen molar-refractivity contribution < 1.29 is 14.7 Å². The Morgan fingerprint density at radius 1 is 1.00 bits per heavy atom. The number of nitrogens with zero attached hydrogens (tertiary/aromatic N) is 2. The SMILES string of the molecule is O=C(O)C(Cc1ccccc1)N(C(=O)c1ccc(Cl)cc1Cl)C(c1cccnc1)c1cccs1. The first-order valence-corrected chi connectivity index (χ1v) is 12.1. The average Bonchev–Trinajstić information content (AvgIpc) is 3.36. The summed E-state index contributed by atoms with van der Waals surface area (Å²) in [7, 11) is 0. The van der Waals surface area contributed by atoms with E-state index in [1.807, 2.05) is 53.9 Å². The van der Waals surface area contributed by atoms with Gasteiger partial charge in [-0.3, -0.25) is 9.78 Å². The van der Waals surface area contributed by atoms with E-state index in [1.165, 1.54) is 28.4 Å². The Bertz CT molecular complexity index is 1270. The van der Waals surface area contributed by atoms with Gasteiger partial charge in [0.1, 0.15) is 6.04 Å². The topological polar surface area (TPSA) is 70.5 Å². The van der Waals surface area contributed by atoms with Crippen molar-refractivity contribution in [3.63, 3.8) is 0 Å². The number of carbonyl (C=O) groups is 2. The molecule has 0 radical (unpaired) electrons. The highest BCUT2D eigenvalue weighted by Gasteiger charge is 2.38. The summed E-state index contributed by atoms with van der Waals surface area (Å²) >= 11 is 13.9. The Morgan fingerprint density at radius 2 is 1.79 bits per heavy atom. The van der Waals surface area contributed by atoms with Crippen molar-refractivity contribution in [2.75, 3.05) is 0 Å². The number of thiophene rings is 1. The zero-order valence-corrected chi connectivity index (χ0v) is 20.2. The third-order valence-corrected chi connectivity index (χ3v) is 6.85. The lowest BCUT2D eigenvalue weighted by molar-refractivity contribution is -0.142. The zero-order valence-electron chi connectivity index (χ0n) is 17.8. The summed E-state index contributed by atoms with van der Waals surface area (Å²) in [6, 6.07) is 19.3. The molecule has 2 aromatic heterocycles. The van der Waals surface area contributed by atoms with E-state index >= 15 is 0 Å². The standard InChI is InChI=1S/C26H20Cl2N2O3S/c27-19-10-11-20(21(28)15-19)25(31)30(22(26(32)33)14-17-6-2-1-3-7-17)24(23-9-5-13-34-23)18-8-4-12-29-16-18/h1-13,15-16,22,24H,14H2,(H,32,33). The summed E-state index contributed by atoms with van der Waals surface area (Å²) in [5.41, 5.74) is 1.67. The van der Waals surface area contributed by atoms with Crippen LogP contribution in [0, 0.1) is 0 Å². The first kappa shape index (κ1) is 24.0. The van der Waals surface area contributed by atoms with E-state index in [-0.39, 0.29) is 17.0 Å². The molecule has 1 amide bonds. The van der Waals surface area contributed by atoms with Crippen LogP contribution in [0.2, 0.25) is 10.0 Å². The molecule has 2 aromatic carbocycles. The van der Waals surface area contributed by atoms with Gasteiger partial charge in [-0.15, -0.1) is 11.3 Å². The Hall–Kier alpha value is -3.19. The van der Waals surface area contributed by atoms with Gasteiger partial charge in [-0.2, -0.15) is 0 Å². The van der Waals surface area contributed by atoms with Gasteiger partial charge in [-0.25, -0.2) is 4.79 Å². The van der Waals surface area contributed by atoms with Crippen LogP contribution in [0.25, 0.3) is 0 Å². The number of carboxylic acid groups (broad SMARTS) is 1. The smallest absolute Gasteiger partial charge is 0.326 e. The maximum Gasteiger partial charge on any atom is 0.326 e. The second-order valence-corrected chi connectivity index (χ2v) is 9.41. The van der Waals surface area contributed by atoms with Crippen LogP contribution in [0.3, 0.4) is 0 Å². The number of benzene rings is 2. The number of pyridine rings is 1. The molecule has 0 aliphatic heterocycles. The number of hydrogen-bond donors (Lipinski definition) is 1. The van der Waals surface area contributed by atoms with E-state index in [9.17, 15) is 14.7 Å². The van der Waals surface area contributed by atoms with Gasteiger partial charge >= 0.3 is 5.97 Å². The molecule has 172 valence electrons. The number of rotatable bonds is 8. The van der Waals surface area contributed by atoms with Crippen LogP contribution >= 0.6 is 34.5 Å². The number of aliphatic carboxylic acids is 1. The number of carbonyl (C=O) groups excluding carboxylic acids is 1. The van der Waals surface area contributed by atoms with E-state index in [1.54, 1.807) is 24.5 Å². The molecule has 0 spiro atoms. The van der Waals surface area contributed by atoms with Crippen molar-refractivity contribution in [2.24, 2.45) is 0 Å². The number of amides is 1. The predicted molar refractivity (Wildman–Crippen MR) is 135 cm³/mol. The van der Waals surface area contributed by atoms with Crippen LogP contribution in [0.5, 0.6) is 0 Å². The van der Waals surface area contributed by atoms with Gasteiger partial charge in [-0.05, 0) is 46.8 Å². The van der Waals surface area contributed by atoms with E-state index in [2.05, 4.69) is 4.98 Å². The van der Waals surface area contributed by atoms with E-state index < -0.39 is 24.0 Å². The predicted octanol–water partition coefficient (Wildman–Crippen LogP) is 6.38. The highest BCUT2D eigenvalue weighted by atomic mass is 35.5.